The summed E-state index contributed by atoms with van der Waals surface area (Å²) in [5, 5.41) is -0.442. The molecular weight excluding hydrogens is 192 g/mol. The molecule has 0 spiro atoms. The summed E-state index contributed by atoms with van der Waals surface area (Å²) in [6.45, 7) is 5.78. The van der Waals surface area contributed by atoms with Gasteiger partial charge in [-0.2, -0.15) is 0 Å². The average molecular weight is 205 g/mol. The number of rotatable bonds is 3. The molecule has 0 aromatic heterocycles. The van der Waals surface area contributed by atoms with Gasteiger partial charge in [0.2, 0.25) is 5.24 Å². The van der Waals surface area contributed by atoms with Crippen molar-refractivity contribution in [3.8, 4) is 0 Å². The smallest absolute Gasteiger partial charge is 0.310 e. The average Bonchev–Trinajstić information content (AvgIpc) is 2.54. The first-order valence-electron chi connectivity index (χ1n) is 4.29. The van der Waals surface area contributed by atoms with E-state index in [1.54, 1.807) is 6.92 Å². The molecule has 0 heterocycles. The molecule has 0 aromatic rings. The Morgan fingerprint density at radius 3 is 2.23 bits per heavy atom. The fourth-order valence-corrected chi connectivity index (χ4v) is 2.14. The molecule has 1 aliphatic carbocycles. The summed E-state index contributed by atoms with van der Waals surface area (Å²) in [6, 6.07) is 0. The zero-order valence-electron chi connectivity index (χ0n) is 7.96. The summed E-state index contributed by atoms with van der Waals surface area (Å²) in [4.78, 5) is 22.2. The molecule has 74 valence electrons. The third-order valence-corrected chi connectivity index (χ3v) is 2.85. The predicted octanol–water partition coefficient (Wildman–Crippen LogP) is 1.59. The molecule has 0 N–H and O–H groups in total. The molecule has 3 nitrogen and oxygen atoms in total. The summed E-state index contributed by atoms with van der Waals surface area (Å²) in [5.74, 6) is -1.03. The summed E-state index contributed by atoms with van der Waals surface area (Å²) in [7, 11) is 0. The van der Waals surface area contributed by atoms with Gasteiger partial charge in [0.15, 0.2) is 0 Å². The summed E-state index contributed by atoms with van der Waals surface area (Å²) >= 11 is 5.35. The third-order valence-electron chi connectivity index (χ3n) is 2.61. The number of hydrogen-bond donors (Lipinski definition) is 0. The van der Waals surface area contributed by atoms with Gasteiger partial charge in [0.05, 0.1) is 18.4 Å². The van der Waals surface area contributed by atoms with Gasteiger partial charge in [-0.05, 0) is 23.9 Å². The lowest BCUT2D eigenvalue weighted by molar-refractivity contribution is -0.146. The van der Waals surface area contributed by atoms with E-state index >= 15 is 0 Å². The number of halogens is 1. The van der Waals surface area contributed by atoms with E-state index in [-0.39, 0.29) is 23.2 Å². The van der Waals surface area contributed by atoms with Crippen LogP contribution in [0.1, 0.15) is 20.8 Å². The SMILES string of the molecule is CCOC(=O)C1C(C(=O)Cl)C1(C)C. The Balaban J connectivity index is 2.65. The fourth-order valence-electron chi connectivity index (χ4n) is 1.73. The van der Waals surface area contributed by atoms with Crippen molar-refractivity contribution in [3.05, 3.63) is 0 Å². The minimum atomic E-state index is -0.442. The van der Waals surface area contributed by atoms with Crippen molar-refractivity contribution in [1.29, 1.82) is 0 Å². The molecule has 1 saturated carbocycles. The zero-order chi connectivity index (χ0) is 10.2. The molecule has 2 unspecified atom stereocenters. The van der Waals surface area contributed by atoms with Gasteiger partial charge in [0.25, 0.3) is 0 Å². The molecule has 4 heteroatoms. The van der Waals surface area contributed by atoms with E-state index in [1.165, 1.54) is 0 Å². The van der Waals surface area contributed by atoms with Crippen LogP contribution in [0.3, 0.4) is 0 Å². The lowest BCUT2D eigenvalue weighted by atomic mass is 10.1. The first kappa shape index (κ1) is 10.5. The Morgan fingerprint density at radius 2 is 1.92 bits per heavy atom. The second kappa shape index (κ2) is 3.29. The Labute approximate surface area is 82.4 Å². The number of carbonyl (C=O) groups excluding carboxylic acids is 2. The van der Waals surface area contributed by atoms with Crippen molar-refractivity contribution in [2.24, 2.45) is 17.3 Å². The third kappa shape index (κ3) is 1.70. The van der Waals surface area contributed by atoms with Crippen LogP contribution in [0.25, 0.3) is 0 Å². The van der Waals surface area contributed by atoms with Crippen molar-refractivity contribution in [2.75, 3.05) is 6.61 Å². The highest BCUT2D eigenvalue weighted by Gasteiger charge is 2.65. The van der Waals surface area contributed by atoms with Gasteiger partial charge in [-0.25, -0.2) is 0 Å². The van der Waals surface area contributed by atoms with Gasteiger partial charge in [-0.3, -0.25) is 9.59 Å². The van der Waals surface area contributed by atoms with Crippen LogP contribution in [0.4, 0.5) is 0 Å². The van der Waals surface area contributed by atoms with Crippen LogP contribution >= 0.6 is 11.6 Å². The summed E-state index contributed by atoms with van der Waals surface area (Å²) in [6.07, 6.45) is 0. The van der Waals surface area contributed by atoms with E-state index in [9.17, 15) is 9.59 Å². The normalized spacial score (nSPS) is 29.5. The van der Waals surface area contributed by atoms with E-state index in [0.717, 1.165) is 0 Å². The van der Waals surface area contributed by atoms with E-state index in [2.05, 4.69) is 0 Å². The van der Waals surface area contributed by atoms with E-state index in [4.69, 9.17) is 16.3 Å². The topological polar surface area (TPSA) is 43.4 Å². The summed E-state index contributed by atoms with van der Waals surface area (Å²) < 4.78 is 4.83. The van der Waals surface area contributed by atoms with Crippen LogP contribution < -0.4 is 0 Å². The van der Waals surface area contributed by atoms with Crippen LogP contribution in [0.2, 0.25) is 0 Å². The van der Waals surface area contributed by atoms with Crippen molar-refractivity contribution >= 4 is 22.8 Å². The first-order valence-corrected chi connectivity index (χ1v) is 4.66. The lowest BCUT2D eigenvalue weighted by Crippen LogP contribution is -2.10. The summed E-state index contributed by atoms with van der Waals surface area (Å²) in [5.41, 5.74) is -0.328. The van der Waals surface area contributed by atoms with E-state index in [0.29, 0.717) is 6.61 Å². The maximum absolute atomic E-state index is 11.3. The molecule has 0 amide bonds. The van der Waals surface area contributed by atoms with Gasteiger partial charge in [0, 0.05) is 0 Å². The second-order valence-electron chi connectivity index (χ2n) is 3.83. The number of ether oxygens (including phenoxy) is 1. The lowest BCUT2D eigenvalue weighted by Gasteiger charge is -2.01. The van der Waals surface area contributed by atoms with Crippen molar-refractivity contribution in [3.63, 3.8) is 0 Å². The van der Waals surface area contributed by atoms with Crippen LogP contribution in [-0.4, -0.2) is 17.8 Å². The highest BCUT2D eigenvalue weighted by Crippen LogP contribution is 2.59. The molecule has 0 aromatic carbocycles. The maximum Gasteiger partial charge on any atom is 0.310 e. The Bertz CT molecular complexity index is 247. The minimum Gasteiger partial charge on any atom is -0.466 e. The maximum atomic E-state index is 11.3. The Hall–Kier alpha value is -0.570. The van der Waals surface area contributed by atoms with Gasteiger partial charge in [-0.15, -0.1) is 0 Å². The molecule has 0 aliphatic heterocycles. The fraction of sp³-hybridized carbons (Fsp3) is 0.778. The molecule has 1 fully saturated rings. The van der Waals surface area contributed by atoms with Gasteiger partial charge < -0.3 is 4.74 Å². The van der Waals surface area contributed by atoms with E-state index < -0.39 is 5.24 Å². The molecule has 1 rings (SSSR count). The molecule has 2 atom stereocenters. The van der Waals surface area contributed by atoms with Crippen LogP contribution in [-0.2, 0) is 14.3 Å². The van der Waals surface area contributed by atoms with Crippen molar-refractivity contribution < 1.29 is 14.3 Å². The van der Waals surface area contributed by atoms with Gasteiger partial charge in [-0.1, -0.05) is 13.8 Å². The second-order valence-corrected chi connectivity index (χ2v) is 4.21. The monoisotopic (exact) mass is 204 g/mol. The number of hydrogen-bond acceptors (Lipinski definition) is 3. The van der Waals surface area contributed by atoms with Crippen molar-refractivity contribution in [1.82, 2.24) is 0 Å². The van der Waals surface area contributed by atoms with E-state index in [1.807, 2.05) is 13.8 Å². The zero-order valence-corrected chi connectivity index (χ0v) is 8.72. The highest BCUT2D eigenvalue weighted by atomic mass is 35.5. The Morgan fingerprint density at radius 1 is 1.38 bits per heavy atom. The molecule has 1 aliphatic rings. The van der Waals surface area contributed by atoms with Gasteiger partial charge in [0.1, 0.15) is 0 Å². The first-order chi connectivity index (χ1) is 5.92. The largest absolute Gasteiger partial charge is 0.466 e. The number of carbonyl (C=O) groups is 2. The van der Waals surface area contributed by atoms with Crippen LogP contribution in [0.5, 0.6) is 0 Å². The quantitative estimate of drug-likeness (QED) is 0.518. The molecule has 0 bridgehead atoms. The van der Waals surface area contributed by atoms with Crippen molar-refractivity contribution in [2.45, 2.75) is 20.8 Å². The number of esters is 1. The predicted molar refractivity (Wildman–Crippen MR) is 48.3 cm³/mol. The molecule has 0 radical (unpaired) electrons. The van der Waals surface area contributed by atoms with Crippen LogP contribution in [0, 0.1) is 17.3 Å². The molecule has 13 heavy (non-hydrogen) atoms. The molecular formula is C9H13ClO3. The highest BCUT2D eigenvalue weighted by molar-refractivity contribution is 6.64. The van der Waals surface area contributed by atoms with Crippen LogP contribution in [0.15, 0.2) is 0 Å². The standard InChI is InChI=1S/C9H13ClO3/c1-4-13-8(12)6-5(7(10)11)9(6,2)3/h5-6H,4H2,1-3H3. The minimum absolute atomic E-state index is 0.313. The van der Waals surface area contributed by atoms with Gasteiger partial charge >= 0.3 is 5.97 Å². The molecule has 0 saturated heterocycles. The Kier molecular flexibility index (Phi) is 2.66.